The smallest absolute Gasteiger partial charge is 0.274 e. The number of carbonyl (C=O) groups excluding carboxylic acids is 1. The number of para-hydroxylation sites is 1. The van der Waals surface area contributed by atoms with Crippen LogP contribution in [0.1, 0.15) is 23.0 Å². The largest absolute Gasteiger partial charge is 0.321 e. The second-order valence-electron chi connectivity index (χ2n) is 5.92. The van der Waals surface area contributed by atoms with Gasteiger partial charge in [0.25, 0.3) is 5.91 Å². The predicted molar refractivity (Wildman–Crippen MR) is 107 cm³/mol. The molecule has 0 fully saturated rings. The highest BCUT2D eigenvalue weighted by atomic mass is 32.1. The van der Waals surface area contributed by atoms with E-state index in [1.54, 1.807) is 23.6 Å². The monoisotopic (exact) mass is 359 g/mol. The number of hydrogen-bond acceptors (Lipinski definition) is 4. The van der Waals surface area contributed by atoms with Gasteiger partial charge in [0.1, 0.15) is 10.7 Å². The van der Waals surface area contributed by atoms with Gasteiger partial charge >= 0.3 is 0 Å². The van der Waals surface area contributed by atoms with Gasteiger partial charge in [0, 0.05) is 17.4 Å². The number of pyridine rings is 1. The van der Waals surface area contributed by atoms with E-state index in [0.29, 0.717) is 5.69 Å². The minimum Gasteiger partial charge on any atom is -0.321 e. The van der Waals surface area contributed by atoms with Gasteiger partial charge in [-0.2, -0.15) is 0 Å². The molecule has 5 heteroatoms. The molecule has 4 nitrogen and oxygen atoms in total. The van der Waals surface area contributed by atoms with Crippen molar-refractivity contribution in [2.45, 2.75) is 13.3 Å². The number of fused-ring (bicyclic) bond motifs is 1. The number of anilines is 1. The third-order valence-corrected chi connectivity index (χ3v) is 5.23. The summed E-state index contributed by atoms with van der Waals surface area (Å²) in [5.74, 6) is -0.208. The lowest BCUT2D eigenvalue weighted by molar-refractivity contribution is 0.102. The number of benzene rings is 2. The zero-order chi connectivity index (χ0) is 17.9. The SMILES string of the molecule is CCc1ccc(C(=O)Nc2ccc(-c3nc4ccccc4s3)cc2)nc1. The van der Waals surface area contributed by atoms with Gasteiger partial charge in [-0.05, 0) is 54.4 Å². The van der Waals surface area contributed by atoms with Crippen LogP contribution in [0, 0.1) is 0 Å². The van der Waals surface area contributed by atoms with Gasteiger partial charge in [0.2, 0.25) is 0 Å². The van der Waals surface area contributed by atoms with Crippen LogP contribution in [0.4, 0.5) is 5.69 Å². The number of aromatic nitrogens is 2. The Bertz CT molecular complexity index is 1020. The summed E-state index contributed by atoms with van der Waals surface area (Å²) >= 11 is 1.66. The van der Waals surface area contributed by atoms with Crippen molar-refractivity contribution < 1.29 is 4.79 Å². The summed E-state index contributed by atoms with van der Waals surface area (Å²) in [6.07, 6.45) is 2.65. The Kier molecular flexibility index (Phi) is 4.46. The Morgan fingerprint density at radius 2 is 1.85 bits per heavy atom. The van der Waals surface area contributed by atoms with E-state index in [1.165, 1.54) is 4.70 Å². The first-order chi connectivity index (χ1) is 12.7. The zero-order valence-electron chi connectivity index (χ0n) is 14.3. The summed E-state index contributed by atoms with van der Waals surface area (Å²) in [7, 11) is 0. The van der Waals surface area contributed by atoms with Crippen molar-refractivity contribution in [2.24, 2.45) is 0 Å². The van der Waals surface area contributed by atoms with Crippen LogP contribution in [0.25, 0.3) is 20.8 Å². The van der Waals surface area contributed by atoms with Crippen molar-refractivity contribution in [1.29, 1.82) is 0 Å². The van der Waals surface area contributed by atoms with Crippen LogP contribution in [0.15, 0.2) is 66.9 Å². The molecular formula is C21H17N3OS. The molecule has 2 heterocycles. The molecule has 1 amide bonds. The van der Waals surface area contributed by atoms with E-state index >= 15 is 0 Å². The van der Waals surface area contributed by atoms with Crippen molar-refractivity contribution >= 4 is 33.1 Å². The second-order valence-corrected chi connectivity index (χ2v) is 6.95. The molecule has 0 spiro atoms. The van der Waals surface area contributed by atoms with Crippen molar-refractivity contribution in [3.63, 3.8) is 0 Å². The molecule has 0 radical (unpaired) electrons. The average molecular weight is 359 g/mol. The third kappa shape index (κ3) is 3.34. The number of aryl methyl sites for hydroxylation is 1. The Hall–Kier alpha value is -3.05. The molecule has 26 heavy (non-hydrogen) atoms. The van der Waals surface area contributed by atoms with E-state index in [4.69, 9.17) is 0 Å². The standard InChI is InChI=1S/C21H17N3OS/c1-2-14-7-12-18(22-13-14)20(25)23-16-10-8-15(9-11-16)21-24-17-5-3-4-6-19(17)26-21/h3-13H,2H2,1H3,(H,23,25). The normalized spacial score (nSPS) is 10.8. The number of rotatable bonds is 4. The molecule has 0 unspecified atom stereocenters. The van der Waals surface area contributed by atoms with Crippen molar-refractivity contribution in [2.75, 3.05) is 5.32 Å². The zero-order valence-corrected chi connectivity index (χ0v) is 15.1. The van der Waals surface area contributed by atoms with Crippen LogP contribution in [-0.2, 0) is 6.42 Å². The lowest BCUT2D eigenvalue weighted by Gasteiger charge is -2.06. The summed E-state index contributed by atoms with van der Waals surface area (Å²) in [5.41, 5.74) is 4.31. The van der Waals surface area contributed by atoms with Gasteiger partial charge in [-0.3, -0.25) is 9.78 Å². The van der Waals surface area contributed by atoms with Gasteiger partial charge in [0.05, 0.1) is 10.2 Å². The van der Waals surface area contributed by atoms with E-state index in [0.717, 1.165) is 33.8 Å². The summed E-state index contributed by atoms with van der Waals surface area (Å²) in [6.45, 7) is 2.06. The molecule has 2 aromatic heterocycles. The first-order valence-electron chi connectivity index (χ1n) is 8.45. The molecule has 0 saturated carbocycles. The predicted octanol–water partition coefficient (Wildman–Crippen LogP) is 5.17. The second kappa shape index (κ2) is 7.06. The van der Waals surface area contributed by atoms with Crippen LogP contribution in [0.3, 0.4) is 0 Å². The minimum absolute atomic E-state index is 0.208. The maximum atomic E-state index is 12.3. The lowest BCUT2D eigenvalue weighted by atomic mass is 10.2. The molecule has 0 atom stereocenters. The van der Waals surface area contributed by atoms with E-state index < -0.39 is 0 Å². The molecule has 4 rings (SSSR count). The maximum absolute atomic E-state index is 12.3. The minimum atomic E-state index is -0.208. The quantitative estimate of drug-likeness (QED) is 0.547. The fraction of sp³-hybridized carbons (Fsp3) is 0.0952. The van der Waals surface area contributed by atoms with Crippen LogP contribution in [0.5, 0.6) is 0 Å². The highest BCUT2D eigenvalue weighted by molar-refractivity contribution is 7.21. The van der Waals surface area contributed by atoms with Crippen LogP contribution < -0.4 is 5.32 Å². The summed E-state index contributed by atoms with van der Waals surface area (Å²) in [6, 6.07) is 19.5. The van der Waals surface area contributed by atoms with Gasteiger partial charge < -0.3 is 5.32 Å². The lowest BCUT2D eigenvalue weighted by Crippen LogP contribution is -2.13. The highest BCUT2D eigenvalue weighted by Crippen LogP contribution is 2.30. The molecule has 0 bridgehead atoms. The fourth-order valence-electron chi connectivity index (χ4n) is 2.65. The molecule has 2 aromatic carbocycles. The third-order valence-electron chi connectivity index (χ3n) is 4.15. The first kappa shape index (κ1) is 16.4. The average Bonchev–Trinajstić information content (AvgIpc) is 3.13. The molecule has 0 saturated heterocycles. The van der Waals surface area contributed by atoms with Crippen molar-refractivity contribution in [1.82, 2.24) is 9.97 Å². The number of carbonyl (C=O) groups is 1. The number of hydrogen-bond donors (Lipinski definition) is 1. The van der Waals surface area contributed by atoms with E-state index in [9.17, 15) is 4.79 Å². The fourth-order valence-corrected chi connectivity index (χ4v) is 3.63. The van der Waals surface area contributed by atoms with E-state index in [1.807, 2.05) is 48.5 Å². The van der Waals surface area contributed by atoms with Gasteiger partial charge in [-0.1, -0.05) is 25.1 Å². The summed E-state index contributed by atoms with van der Waals surface area (Å²) in [5, 5.41) is 3.86. The van der Waals surface area contributed by atoms with Crippen LogP contribution in [0.2, 0.25) is 0 Å². The molecule has 0 aliphatic carbocycles. The number of nitrogens with one attached hydrogen (secondary N) is 1. The van der Waals surface area contributed by atoms with E-state index in [-0.39, 0.29) is 5.91 Å². The Morgan fingerprint density at radius 3 is 2.54 bits per heavy atom. The first-order valence-corrected chi connectivity index (χ1v) is 9.27. The summed E-state index contributed by atoms with van der Waals surface area (Å²) < 4.78 is 1.17. The molecule has 1 N–H and O–H groups in total. The molecule has 0 aliphatic heterocycles. The maximum Gasteiger partial charge on any atom is 0.274 e. The topological polar surface area (TPSA) is 54.9 Å². The Labute approximate surface area is 155 Å². The van der Waals surface area contributed by atoms with Gasteiger partial charge in [0.15, 0.2) is 0 Å². The van der Waals surface area contributed by atoms with Crippen LogP contribution in [-0.4, -0.2) is 15.9 Å². The van der Waals surface area contributed by atoms with Crippen molar-refractivity contribution in [3.05, 3.63) is 78.1 Å². The Morgan fingerprint density at radius 1 is 1.04 bits per heavy atom. The molecule has 0 aliphatic rings. The molecular weight excluding hydrogens is 342 g/mol. The van der Waals surface area contributed by atoms with Crippen molar-refractivity contribution in [3.8, 4) is 10.6 Å². The van der Waals surface area contributed by atoms with Crippen LogP contribution >= 0.6 is 11.3 Å². The van der Waals surface area contributed by atoms with Gasteiger partial charge in [-0.25, -0.2) is 4.98 Å². The molecule has 128 valence electrons. The van der Waals surface area contributed by atoms with E-state index in [2.05, 4.69) is 28.3 Å². The summed E-state index contributed by atoms with van der Waals surface area (Å²) in [4.78, 5) is 21.2. The number of thiazole rings is 1. The highest BCUT2D eigenvalue weighted by Gasteiger charge is 2.09. The van der Waals surface area contributed by atoms with Gasteiger partial charge in [-0.15, -0.1) is 11.3 Å². The molecule has 4 aromatic rings. The Balaban J connectivity index is 1.50. The number of nitrogens with zero attached hydrogens (tertiary/aromatic N) is 2. The number of amides is 1.